The van der Waals surface area contributed by atoms with Crippen LogP contribution in [0.3, 0.4) is 0 Å². The predicted molar refractivity (Wildman–Crippen MR) is 148 cm³/mol. The van der Waals surface area contributed by atoms with E-state index in [1.54, 1.807) is 67.6 Å². The van der Waals surface area contributed by atoms with Gasteiger partial charge in [0.15, 0.2) is 5.78 Å². The van der Waals surface area contributed by atoms with Gasteiger partial charge in [-0.3, -0.25) is 4.79 Å². The molecule has 0 radical (unpaired) electrons. The first-order valence-corrected chi connectivity index (χ1v) is 11.8. The smallest absolute Gasteiger partial charge is 0.336 e. The molecule has 0 spiro atoms. The Hall–Kier alpha value is -5.30. The van der Waals surface area contributed by atoms with Crippen LogP contribution in [0, 0.1) is 6.92 Å². The van der Waals surface area contributed by atoms with Gasteiger partial charge < -0.3 is 14.2 Å². The molecule has 0 saturated heterocycles. The number of rotatable bonds is 11. The van der Waals surface area contributed by atoms with Crippen molar-refractivity contribution >= 4 is 35.8 Å². The van der Waals surface area contributed by atoms with Crippen LogP contribution in [0.2, 0.25) is 0 Å². The van der Waals surface area contributed by atoms with E-state index >= 15 is 0 Å². The van der Waals surface area contributed by atoms with Gasteiger partial charge in [-0.2, -0.15) is 0 Å². The van der Waals surface area contributed by atoms with Gasteiger partial charge in [0.25, 0.3) is 0 Å². The maximum absolute atomic E-state index is 12.3. The quantitative estimate of drug-likeness (QED) is 0.183. The van der Waals surface area contributed by atoms with Crippen LogP contribution in [-0.4, -0.2) is 23.7 Å². The fourth-order valence-electron chi connectivity index (χ4n) is 3.25. The average molecular weight is 523 g/mol. The Balaban J connectivity index is 1.52. The zero-order chi connectivity index (χ0) is 28.2. The number of hydrogen-bond donors (Lipinski definition) is 0. The summed E-state index contributed by atoms with van der Waals surface area (Å²) in [5.41, 5.74) is 2.94. The molecule has 3 aromatic rings. The van der Waals surface area contributed by atoms with Crippen molar-refractivity contribution in [2.75, 3.05) is 0 Å². The second kappa shape index (κ2) is 13.9. The number of benzene rings is 3. The maximum atomic E-state index is 12.3. The summed E-state index contributed by atoms with van der Waals surface area (Å²) in [7, 11) is 0. The van der Waals surface area contributed by atoms with Crippen molar-refractivity contribution in [3.63, 3.8) is 0 Å². The molecule has 0 aliphatic rings. The van der Waals surface area contributed by atoms with Crippen LogP contribution >= 0.6 is 0 Å². The van der Waals surface area contributed by atoms with E-state index in [-0.39, 0.29) is 12.2 Å². The van der Waals surface area contributed by atoms with E-state index in [1.165, 1.54) is 24.3 Å². The topological polar surface area (TPSA) is 96.0 Å². The monoisotopic (exact) mass is 522 g/mol. The SMILES string of the molecule is C=CC(=O)Cc1ccc(/C=C/C(=O)Oc2ccc(OC(=O)/C=C/c3ccc(OC(=O)C=C)cc3)c(C)c2)cc1. The van der Waals surface area contributed by atoms with E-state index in [9.17, 15) is 19.2 Å². The summed E-state index contributed by atoms with van der Waals surface area (Å²) in [5, 5.41) is 0. The van der Waals surface area contributed by atoms with Crippen molar-refractivity contribution in [2.45, 2.75) is 13.3 Å². The van der Waals surface area contributed by atoms with Crippen molar-refractivity contribution in [3.05, 3.63) is 126 Å². The zero-order valence-electron chi connectivity index (χ0n) is 21.3. The molecule has 0 aromatic heterocycles. The predicted octanol–water partition coefficient (Wildman–Crippen LogP) is 5.62. The summed E-state index contributed by atoms with van der Waals surface area (Å²) in [6, 6.07) is 18.4. The van der Waals surface area contributed by atoms with Crippen molar-refractivity contribution < 1.29 is 33.4 Å². The molecule has 0 atom stereocenters. The van der Waals surface area contributed by atoms with Gasteiger partial charge in [-0.15, -0.1) is 0 Å². The Kier molecular flexibility index (Phi) is 10.0. The van der Waals surface area contributed by atoms with Gasteiger partial charge in [0.2, 0.25) is 0 Å². The van der Waals surface area contributed by atoms with Crippen molar-refractivity contribution in [1.82, 2.24) is 0 Å². The van der Waals surface area contributed by atoms with Crippen molar-refractivity contribution in [2.24, 2.45) is 0 Å². The lowest BCUT2D eigenvalue weighted by Crippen LogP contribution is -2.06. The van der Waals surface area contributed by atoms with Gasteiger partial charge in [-0.1, -0.05) is 49.6 Å². The van der Waals surface area contributed by atoms with Gasteiger partial charge >= 0.3 is 17.9 Å². The summed E-state index contributed by atoms with van der Waals surface area (Å²) >= 11 is 0. The first-order chi connectivity index (χ1) is 18.7. The molecule has 3 aromatic carbocycles. The van der Waals surface area contributed by atoms with Crippen LogP contribution in [0.15, 0.2) is 104 Å². The van der Waals surface area contributed by atoms with E-state index < -0.39 is 17.9 Å². The summed E-state index contributed by atoms with van der Waals surface area (Å²) in [5.74, 6) is -0.804. The number of ketones is 1. The molecule has 196 valence electrons. The lowest BCUT2D eigenvalue weighted by atomic mass is 10.1. The van der Waals surface area contributed by atoms with Crippen LogP contribution < -0.4 is 14.2 Å². The number of esters is 3. The van der Waals surface area contributed by atoms with Crippen molar-refractivity contribution in [1.29, 1.82) is 0 Å². The third kappa shape index (κ3) is 9.26. The maximum Gasteiger partial charge on any atom is 0.336 e. The van der Waals surface area contributed by atoms with Crippen LogP contribution in [0.4, 0.5) is 0 Å². The third-order valence-electron chi connectivity index (χ3n) is 5.25. The molecule has 0 N–H and O–H groups in total. The average Bonchev–Trinajstić information content (AvgIpc) is 2.93. The van der Waals surface area contributed by atoms with Crippen LogP contribution in [0.25, 0.3) is 12.2 Å². The van der Waals surface area contributed by atoms with Crippen LogP contribution in [0.5, 0.6) is 17.2 Å². The largest absolute Gasteiger partial charge is 0.423 e. The minimum Gasteiger partial charge on any atom is -0.423 e. The van der Waals surface area contributed by atoms with E-state index in [2.05, 4.69) is 13.2 Å². The first kappa shape index (κ1) is 28.3. The summed E-state index contributed by atoms with van der Waals surface area (Å²) in [4.78, 5) is 47.2. The minimum atomic E-state index is -0.590. The summed E-state index contributed by atoms with van der Waals surface area (Å²) in [6.07, 6.45) is 8.38. The molecule has 0 aliphatic heterocycles. The van der Waals surface area contributed by atoms with Gasteiger partial charge in [-0.25, -0.2) is 14.4 Å². The minimum absolute atomic E-state index is 0.0633. The third-order valence-corrected chi connectivity index (χ3v) is 5.25. The molecule has 0 unspecified atom stereocenters. The number of carbonyl (C=O) groups is 4. The van der Waals surface area contributed by atoms with Gasteiger partial charge in [0.05, 0.1) is 0 Å². The molecular weight excluding hydrogens is 496 g/mol. The second-order valence-electron chi connectivity index (χ2n) is 8.22. The number of hydrogen-bond acceptors (Lipinski definition) is 7. The number of ether oxygens (including phenoxy) is 3. The van der Waals surface area contributed by atoms with Crippen LogP contribution in [0.1, 0.15) is 22.3 Å². The second-order valence-corrected chi connectivity index (χ2v) is 8.22. The Labute approximate surface area is 226 Å². The lowest BCUT2D eigenvalue weighted by molar-refractivity contribution is -0.130. The number of carbonyl (C=O) groups excluding carboxylic acids is 4. The fourth-order valence-corrected chi connectivity index (χ4v) is 3.25. The molecule has 7 nitrogen and oxygen atoms in total. The van der Waals surface area contributed by atoms with Gasteiger partial charge in [0.1, 0.15) is 17.2 Å². The standard InChI is InChI=1S/C32H26O7/c1-4-26(33)21-25-8-6-23(7-9-25)12-18-31(35)38-28-16-17-29(22(3)20-28)39-32(36)19-13-24-10-14-27(15-11-24)37-30(34)5-2/h4-20H,1-2,21H2,3H3/b18-12+,19-13+. The van der Waals surface area contributed by atoms with E-state index in [0.29, 0.717) is 28.4 Å². The highest BCUT2D eigenvalue weighted by Crippen LogP contribution is 2.24. The molecule has 0 saturated carbocycles. The molecule has 3 rings (SSSR count). The van der Waals surface area contributed by atoms with Crippen molar-refractivity contribution in [3.8, 4) is 17.2 Å². The Morgan fingerprint density at radius 2 is 1.21 bits per heavy atom. The van der Waals surface area contributed by atoms with E-state index in [1.807, 2.05) is 12.1 Å². The highest BCUT2D eigenvalue weighted by molar-refractivity contribution is 5.91. The summed E-state index contributed by atoms with van der Waals surface area (Å²) < 4.78 is 15.7. The van der Waals surface area contributed by atoms with Gasteiger partial charge in [-0.05, 0) is 77.7 Å². The molecule has 0 amide bonds. The van der Waals surface area contributed by atoms with E-state index in [0.717, 1.165) is 17.2 Å². The Morgan fingerprint density at radius 1 is 0.667 bits per heavy atom. The number of aryl methyl sites for hydroxylation is 1. The first-order valence-electron chi connectivity index (χ1n) is 11.8. The zero-order valence-corrected chi connectivity index (χ0v) is 21.3. The highest BCUT2D eigenvalue weighted by atomic mass is 16.5. The molecule has 7 heteroatoms. The molecule has 0 aliphatic carbocycles. The molecule has 0 heterocycles. The fraction of sp³-hybridized carbons (Fsp3) is 0.0625. The highest BCUT2D eigenvalue weighted by Gasteiger charge is 2.08. The van der Waals surface area contributed by atoms with E-state index in [4.69, 9.17) is 14.2 Å². The molecular formula is C32H26O7. The van der Waals surface area contributed by atoms with Gasteiger partial charge in [0, 0.05) is 24.6 Å². The number of allylic oxidation sites excluding steroid dienone is 1. The van der Waals surface area contributed by atoms with Crippen LogP contribution in [-0.2, 0) is 25.6 Å². The normalized spacial score (nSPS) is 10.7. The molecule has 0 fully saturated rings. The molecule has 39 heavy (non-hydrogen) atoms. The lowest BCUT2D eigenvalue weighted by Gasteiger charge is -2.08. The summed E-state index contributed by atoms with van der Waals surface area (Å²) in [6.45, 7) is 8.52. The Bertz CT molecular complexity index is 1440. The Morgan fingerprint density at radius 3 is 1.77 bits per heavy atom. The molecule has 0 bridgehead atoms.